The first-order valence-electron chi connectivity index (χ1n) is 8.92. The van der Waals surface area contributed by atoms with Gasteiger partial charge in [-0.25, -0.2) is 9.37 Å². The van der Waals surface area contributed by atoms with E-state index in [2.05, 4.69) is 16.4 Å². The topological polar surface area (TPSA) is 60.5 Å². The van der Waals surface area contributed by atoms with Gasteiger partial charge in [0.1, 0.15) is 11.6 Å². The number of fused-ring (bicyclic) bond motifs is 1. The summed E-state index contributed by atoms with van der Waals surface area (Å²) in [6.07, 6.45) is 0.821. The van der Waals surface area contributed by atoms with Crippen LogP contribution in [0, 0.1) is 5.82 Å². The van der Waals surface area contributed by atoms with Gasteiger partial charge in [0.25, 0.3) is 0 Å². The summed E-state index contributed by atoms with van der Waals surface area (Å²) < 4.78 is 24.7. The van der Waals surface area contributed by atoms with Crippen molar-refractivity contribution in [1.29, 1.82) is 0 Å². The molecular formula is C21H19FN2O3S. The molecule has 1 unspecified atom stereocenters. The molecule has 5 nitrogen and oxygen atoms in total. The van der Waals surface area contributed by atoms with Crippen molar-refractivity contribution in [2.45, 2.75) is 18.9 Å². The van der Waals surface area contributed by atoms with E-state index < -0.39 is 0 Å². The molecule has 1 amide bonds. The molecule has 0 aliphatic carbocycles. The summed E-state index contributed by atoms with van der Waals surface area (Å²) in [4.78, 5) is 16.9. The molecule has 0 saturated carbocycles. The smallest absolute Gasteiger partial charge is 0.229 e. The molecule has 4 rings (SSSR count). The second kappa shape index (κ2) is 8.08. The summed E-state index contributed by atoms with van der Waals surface area (Å²) >= 11 is 1.28. The first-order chi connectivity index (χ1) is 13.6. The number of hydrogen-bond acceptors (Lipinski definition) is 5. The van der Waals surface area contributed by atoms with Crippen LogP contribution >= 0.6 is 11.3 Å². The number of ether oxygens (including phenoxy) is 2. The molecule has 1 aliphatic rings. The molecule has 2 heterocycles. The van der Waals surface area contributed by atoms with Crippen molar-refractivity contribution < 1.29 is 18.7 Å². The third-order valence-electron chi connectivity index (χ3n) is 4.65. The number of nitrogens with zero attached hydrogens (tertiary/aromatic N) is 1. The van der Waals surface area contributed by atoms with Crippen LogP contribution in [0.2, 0.25) is 0 Å². The highest BCUT2D eigenvalue weighted by Crippen LogP contribution is 2.33. The van der Waals surface area contributed by atoms with Gasteiger partial charge in [-0.1, -0.05) is 24.3 Å². The van der Waals surface area contributed by atoms with Gasteiger partial charge in [0.05, 0.1) is 31.9 Å². The third-order valence-corrected chi connectivity index (χ3v) is 5.41. The van der Waals surface area contributed by atoms with Crippen molar-refractivity contribution in [3.05, 3.63) is 64.8 Å². The van der Waals surface area contributed by atoms with Crippen molar-refractivity contribution in [2.75, 3.05) is 19.0 Å². The Bertz CT molecular complexity index is 1000. The highest BCUT2D eigenvalue weighted by atomic mass is 32.1. The van der Waals surface area contributed by atoms with Crippen LogP contribution in [0.4, 0.5) is 9.52 Å². The van der Waals surface area contributed by atoms with Gasteiger partial charge in [0.15, 0.2) is 5.13 Å². The van der Waals surface area contributed by atoms with Gasteiger partial charge in [-0.05, 0) is 35.7 Å². The highest BCUT2D eigenvalue weighted by Gasteiger charge is 2.23. The second-order valence-electron chi connectivity index (χ2n) is 6.44. The monoisotopic (exact) mass is 398 g/mol. The molecule has 7 heteroatoms. The van der Waals surface area contributed by atoms with Crippen LogP contribution in [-0.4, -0.2) is 24.6 Å². The number of aromatic nitrogens is 1. The van der Waals surface area contributed by atoms with Gasteiger partial charge in [-0.15, -0.1) is 11.3 Å². The van der Waals surface area contributed by atoms with Gasteiger partial charge < -0.3 is 14.8 Å². The Labute approximate surface area is 166 Å². The molecule has 1 N–H and O–H groups in total. The first-order valence-corrected chi connectivity index (χ1v) is 9.80. The van der Waals surface area contributed by atoms with Crippen LogP contribution < -0.4 is 10.1 Å². The summed E-state index contributed by atoms with van der Waals surface area (Å²) in [6, 6.07) is 12.3. The maximum absolute atomic E-state index is 13.6. The normalized spacial score (nSPS) is 15.7. The number of carbonyl (C=O) groups is 1. The minimum Gasteiger partial charge on any atom is -0.496 e. The fraction of sp³-hybridized carbons (Fsp3) is 0.238. The molecule has 0 spiro atoms. The lowest BCUT2D eigenvalue weighted by atomic mass is 9.96. The van der Waals surface area contributed by atoms with E-state index >= 15 is 0 Å². The van der Waals surface area contributed by atoms with Gasteiger partial charge in [-0.2, -0.15) is 0 Å². The lowest BCUT2D eigenvalue weighted by Crippen LogP contribution is -2.22. The number of halogens is 1. The molecule has 1 aliphatic heterocycles. The summed E-state index contributed by atoms with van der Waals surface area (Å²) in [5.41, 5.74) is 3.38. The third kappa shape index (κ3) is 3.90. The number of thiazole rings is 1. The van der Waals surface area contributed by atoms with E-state index in [-0.39, 0.29) is 24.2 Å². The number of carbonyl (C=O) groups excluding carboxylic acids is 1. The van der Waals surface area contributed by atoms with Crippen LogP contribution in [0.1, 0.15) is 23.7 Å². The number of anilines is 1. The Balaban J connectivity index is 1.46. The van der Waals surface area contributed by atoms with Gasteiger partial charge in [0, 0.05) is 10.9 Å². The van der Waals surface area contributed by atoms with Crippen molar-refractivity contribution in [2.24, 2.45) is 0 Å². The van der Waals surface area contributed by atoms with E-state index in [1.807, 2.05) is 18.2 Å². The van der Waals surface area contributed by atoms with E-state index in [1.54, 1.807) is 11.4 Å². The molecule has 0 fully saturated rings. The van der Waals surface area contributed by atoms with E-state index in [1.165, 1.54) is 36.1 Å². The Hall–Kier alpha value is -2.77. The van der Waals surface area contributed by atoms with E-state index in [4.69, 9.17) is 9.47 Å². The molecular weight excluding hydrogens is 379 g/mol. The van der Waals surface area contributed by atoms with Crippen LogP contribution in [0.25, 0.3) is 11.3 Å². The minimum atomic E-state index is -0.373. The second-order valence-corrected chi connectivity index (χ2v) is 7.30. The van der Waals surface area contributed by atoms with Crippen molar-refractivity contribution >= 4 is 22.4 Å². The number of hydrogen-bond donors (Lipinski definition) is 1. The molecule has 1 aromatic heterocycles. The SMILES string of the molecule is COc1ccc(F)cc1-c1csc(NC(=O)CC2OCCc3ccccc32)n1. The van der Waals surface area contributed by atoms with Crippen LogP contribution in [-0.2, 0) is 16.0 Å². The van der Waals surface area contributed by atoms with E-state index in [0.29, 0.717) is 28.7 Å². The molecule has 1 atom stereocenters. The molecule has 3 aromatic rings. The fourth-order valence-corrected chi connectivity index (χ4v) is 4.05. The number of amides is 1. The molecule has 144 valence electrons. The largest absolute Gasteiger partial charge is 0.496 e. The summed E-state index contributed by atoms with van der Waals surface area (Å²) in [6.45, 7) is 0.607. The molecule has 0 radical (unpaired) electrons. The van der Waals surface area contributed by atoms with Gasteiger partial charge >= 0.3 is 0 Å². The Morgan fingerprint density at radius 1 is 1.36 bits per heavy atom. The zero-order valence-corrected chi connectivity index (χ0v) is 16.1. The minimum absolute atomic E-state index is 0.172. The molecule has 2 aromatic carbocycles. The first kappa shape index (κ1) is 18.6. The van der Waals surface area contributed by atoms with Gasteiger partial charge in [-0.3, -0.25) is 4.79 Å². The van der Waals surface area contributed by atoms with Crippen molar-refractivity contribution in [3.8, 4) is 17.0 Å². The number of nitrogens with one attached hydrogen (secondary N) is 1. The highest BCUT2D eigenvalue weighted by molar-refractivity contribution is 7.14. The van der Waals surface area contributed by atoms with E-state index in [9.17, 15) is 9.18 Å². The summed E-state index contributed by atoms with van der Waals surface area (Å²) in [5.74, 6) is -0.0203. The summed E-state index contributed by atoms with van der Waals surface area (Å²) in [7, 11) is 1.52. The lowest BCUT2D eigenvalue weighted by Gasteiger charge is -2.25. The average molecular weight is 398 g/mol. The predicted octanol–water partition coefficient (Wildman–Crippen LogP) is 4.60. The Morgan fingerprint density at radius 3 is 3.07 bits per heavy atom. The summed E-state index contributed by atoms with van der Waals surface area (Å²) in [5, 5.41) is 5.03. The maximum atomic E-state index is 13.6. The van der Waals surface area contributed by atoms with E-state index in [0.717, 1.165) is 12.0 Å². The Morgan fingerprint density at radius 2 is 2.21 bits per heavy atom. The maximum Gasteiger partial charge on any atom is 0.229 e. The van der Waals surface area contributed by atoms with Crippen LogP contribution in [0.15, 0.2) is 47.8 Å². The molecule has 0 bridgehead atoms. The zero-order chi connectivity index (χ0) is 19.5. The number of methoxy groups -OCH3 is 1. The lowest BCUT2D eigenvalue weighted by molar-refractivity contribution is -0.119. The van der Waals surface area contributed by atoms with Crippen molar-refractivity contribution in [1.82, 2.24) is 4.98 Å². The van der Waals surface area contributed by atoms with Gasteiger partial charge in [0.2, 0.25) is 5.91 Å². The average Bonchev–Trinajstić information content (AvgIpc) is 3.16. The number of benzene rings is 2. The van der Waals surface area contributed by atoms with Crippen LogP contribution in [0.5, 0.6) is 5.75 Å². The molecule has 28 heavy (non-hydrogen) atoms. The number of rotatable bonds is 5. The Kier molecular flexibility index (Phi) is 5.36. The predicted molar refractivity (Wildman–Crippen MR) is 106 cm³/mol. The fourth-order valence-electron chi connectivity index (χ4n) is 3.32. The quantitative estimate of drug-likeness (QED) is 0.682. The molecule has 0 saturated heterocycles. The van der Waals surface area contributed by atoms with Crippen LogP contribution in [0.3, 0.4) is 0 Å². The van der Waals surface area contributed by atoms with Crippen molar-refractivity contribution in [3.63, 3.8) is 0 Å². The zero-order valence-electron chi connectivity index (χ0n) is 15.3. The standard InChI is InChI=1S/C21H19FN2O3S/c1-26-18-7-6-14(22)10-16(18)17-12-28-21(23-17)24-20(25)11-19-15-5-3-2-4-13(15)8-9-27-19/h2-7,10,12,19H,8-9,11H2,1H3,(H,23,24,25).